The fraction of sp³-hybridized carbons (Fsp3) is 0.278. The monoisotopic (exact) mass is 432 g/mol. The molecule has 0 heterocycles. The maximum atomic E-state index is 12.8. The number of hydrogen-bond acceptors (Lipinski definition) is 5. The average Bonchev–Trinajstić information content (AvgIpc) is 2.65. The van der Waals surface area contributed by atoms with Gasteiger partial charge in [0.1, 0.15) is 10.6 Å². The Bertz CT molecular complexity index is 978. The molecule has 2 aromatic carbocycles. The van der Waals surface area contributed by atoms with Crippen LogP contribution in [0.2, 0.25) is 0 Å². The first-order valence-corrected chi connectivity index (χ1v) is 9.72. The number of alkyl halides is 3. The van der Waals surface area contributed by atoms with E-state index >= 15 is 0 Å². The average molecular weight is 432 g/mol. The van der Waals surface area contributed by atoms with Crippen molar-refractivity contribution in [3.63, 3.8) is 0 Å². The number of rotatable bonds is 8. The minimum atomic E-state index is -4.61. The Morgan fingerprint density at radius 3 is 2.41 bits per heavy atom. The molecule has 158 valence electrons. The second-order valence-electron chi connectivity index (χ2n) is 5.84. The van der Waals surface area contributed by atoms with Gasteiger partial charge in [-0.3, -0.25) is 9.52 Å². The zero-order valence-corrected chi connectivity index (χ0v) is 16.4. The van der Waals surface area contributed by atoms with Crippen molar-refractivity contribution < 1.29 is 35.9 Å². The lowest BCUT2D eigenvalue weighted by Crippen LogP contribution is -2.16. The molecule has 0 bridgehead atoms. The van der Waals surface area contributed by atoms with Gasteiger partial charge in [-0.2, -0.15) is 13.2 Å². The van der Waals surface area contributed by atoms with E-state index in [1.165, 1.54) is 38.5 Å². The maximum Gasteiger partial charge on any atom is 0.416 e. The highest BCUT2D eigenvalue weighted by molar-refractivity contribution is 7.92. The molecule has 11 heteroatoms. The van der Waals surface area contributed by atoms with Crippen molar-refractivity contribution in [1.82, 2.24) is 0 Å². The second kappa shape index (κ2) is 9.14. The summed E-state index contributed by atoms with van der Waals surface area (Å²) < 4.78 is 75.7. The number of methoxy groups -OCH3 is 2. The van der Waals surface area contributed by atoms with E-state index in [0.29, 0.717) is 11.8 Å². The van der Waals surface area contributed by atoms with Gasteiger partial charge < -0.3 is 14.8 Å². The molecule has 0 atom stereocenters. The van der Waals surface area contributed by atoms with Crippen molar-refractivity contribution >= 4 is 27.3 Å². The topological polar surface area (TPSA) is 93.7 Å². The van der Waals surface area contributed by atoms with Crippen molar-refractivity contribution in [1.29, 1.82) is 0 Å². The maximum absolute atomic E-state index is 12.8. The lowest BCUT2D eigenvalue weighted by atomic mass is 10.2. The van der Waals surface area contributed by atoms with E-state index in [4.69, 9.17) is 9.47 Å². The molecule has 0 saturated heterocycles. The van der Waals surface area contributed by atoms with E-state index in [1.54, 1.807) is 0 Å². The third kappa shape index (κ3) is 6.09. The summed E-state index contributed by atoms with van der Waals surface area (Å²) in [6.07, 6.45) is -4.50. The van der Waals surface area contributed by atoms with E-state index < -0.39 is 21.8 Å². The number of nitrogens with one attached hydrogen (secondary N) is 2. The molecule has 0 saturated carbocycles. The van der Waals surface area contributed by atoms with Crippen molar-refractivity contribution in [2.75, 3.05) is 30.9 Å². The summed E-state index contributed by atoms with van der Waals surface area (Å²) in [6.45, 7) is 0.219. The molecule has 29 heavy (non-hydrogen) atoms. The normalized spacial score (nSPS) is 11.8. The Kier molecular flexibility index (Phi) is 7.09. The summed E-state index contributed by atoms with van der Waals surface area (Å²) in [5, 5.41) is 2.56. The third-order valence-corrected chi connectivity index (χ3v) is 5.13. The summed E-state index contributed by atoms with van der Waals surface area (Å²) >= 11 is 0. The molecule has 0 unspecified atom stereocenters. The molecular weight excluding hydrogens is 413 g/mol. The molecule has 2 N–H and O–H groups in total. The fourth-order valence-electron chi connectivity index (χ4n) is 2.35. The predicted octanol–water partition coefficient (Wildman–Crippen LogP) is 3.49. The Hall–Kier alpha value is -2.79. The molecular formula is C18H19F3N2O5S. The van der Waals surface area contributed by atoms with Crippen molar-refractivity contribution in [2.24, 2.45) is 0 Å². The molecule has 0 aliphatic carbocycles. The van der Waals surface area contributed by atoms with E-state index in [1.807, 2.05) is 0 Å². The van der Waals surface area contributed by atoms with Crippen LogP contribution in [0.4, 0.5) is 24.5 Å². The van der Waals surface area contributed by atoms with Gasteiger partial charge in [-0.1, -0.05) is 6.07 Å². The lowest BCUT2D eigenvalue weighted by molar-refractivity contribution is -0.137. The van der Waals surface area contributed by atoms with Gasteiger partial charge >= 0.3 is 6.18 Å². The van der Waals surface area contributed by atoms with Crippen molar-refractivity contribution in [3.8, 4) is 5.75 Å². The Morgan fingerprint density at radius 2 is 1.79 bits per heavy atom. The number of sulfonamides is 1. The number of halogens is 3. The molecule has 0 aliphatic rings. The lowest BCUT2D eigenvalue weighted by Gasteiger charge is -2.14. The van der Waals surface area contributed by atoms with Crippen molar-refractivity contribution in [2.45, 2.75) is 17.5 Å². The highest BCUT2D eigenvalue weighted by Gasteiger charge is 2.31. The molecule has 0 aromatic heterocycles. The van der Waals surface area contributed by atoms with Crippen LogP contribution < -0.4 is 14.8 Å². The summed E-state index contributed by atoms with van der Waals surface area (Å²) in [7, 11) is -1.57. The first kappa shape index (κ1) is 22.5. The number of carbonyl (C=O) groups excluding carboxylic acids is 1. The number of anilines is 2. The highest BCUT2D eigenvalue weighted by atomic mass is 32.2. The molecule has 2 rings (SSSR count). The van der Waals surface area contributed by atoms with E-state index in [2.05, 4.69) is 10.0 Å². The van der Waals surface area contributed by atoms with Crippen LogP contribution in [0.15, 0.2) is 47.4 Å². The Balaban J connectivity index is 2.27. The van der Waals surface area contributed by atoms with Crippen LogP contribution in [-0.2, 0) is 25.7 Å². The van der Waals surface area contributed by atoms with E-state index in [-0.39, 0.29) is 35.3 Å². The Labute approximate surface area is 165 Å². The van der Waals surface area contributed by atoms with Crippen LogP contribution in [0.25, 0.3) is 0 Å². The zero-order chi connectivity index (χ0) is 21.7. The molecule has 0 spiro atoms. The summed E-state index contributed by atoms with van der Waals surface area (Å²) in [4.78, 5) is 11.5. The van der Waals surface area contributed by atoms with Crippen LogP contribution in [0, 0.1) is 0 Å². The van der Waals surface area contributed by atoms with E-state index in [0.717, 1.165) is 12.1 Å². The Morgan fingerprint density at radius 1 is 1.07 bits per heavy atom. The molecule has 0 fully saturated rings. The SMILES string of the molecule is COCCC(=O)Nc1ccc(S(=O)(=O)Nc2cccc(C(F)(F)F)c2)c(OC)c1. The fourth-order valence-corrected chi connectivity index (χ4v) is 3.56. The van der Waals surface area contributed by atoms with Crippen molar-refractivity contribution in [3.05, 3.63) is 48.0 Å². The minimum absolute atomic E-state index is 0.0889. The number of ether oxygens (including phenoxy) is 2. The number of hydrogen-bond donors (Lipinski definition) is 2. The van der Waals surface area contributed by atoms with Gasteiger partial charge in [0, 0.05) is 24.6 Å². The predicted molar refractivity (Wildman–Crippen MR) is 100 cm³/mol. The highest BCUT2D eigenvalue weighted by Crippen LogP contribution is 2.32. The second-order valence-corrected chi connectivity index (χ2v) is 7.49. The first-order valence-electron chi connectivity index (χ1n) is 8.23. The number of amides is 1. The molecule has 2 aromatic rings. The number of benzene rings is 2. The van der Waals surface area contributed by atoms with Gasteiger partial charge in [0.05, 0.1) is 25.7 Å². The van der Waals surface area contributed by atoms with Gasteiger partial charge in [-0.25, -0.2) is 8.42 Å². The molecule has 0 radical (unpaired) electrons. The van der Waals surface area contributed by atoms with Gasteiger partial charge in [-0.05, 0) is 30.3 Å². The largest absolute Gasteiger partial charge is 0.495 e. The van der Waals surface area contributed by atoms with Gasteiger partial charge in [0.25, 0.3) is 10.0 Å². The van der Waals surface area contributed by atoms with Crippen LogP contribution in [0.5, 0.6) is 5.75 Å². The van der Waals surface area contributed by atoms with Crippen LogP contribution in [-0.4, -0.2) is 35.2 Å². The van der Waals surface area contributed by atoms with Crippen LogP contribution in [0.3, 0.4) is 0 Å². The van der Waals surface area contributed by atoms with E-state index in [9.17, 15) is 26.4 Å². The molecule has 7 nitrogen and oxygen atoms in total. The van der Waals surface area contributed by atoms with Gasteiger partial charge in [0.2, 0.25) is 5.91 Å². The van der Waals surface area contributed by atoms with Crippen LogP contribution in [0.1, 0.15) is 12.0 Å². The third-order valence-electron chi connectivity index (χ3n) is 3.71. The summed E-state index contributed by atoms with van der Waals surface area (Å²) in [6, 6.07) is 7.63. The van der Waals surface area contributed by atoms with Gasteiger partial charge in [0.15, 0.2) is 0 Å². The quantitative estimate of drug-likeness (QED) is 0.666. The first-order chi connectivity index (χ1) is 13.6. The standard InChI is InChI=1S/C18H19F3N2O5S/c1-27-9-8-17(24)22-13-6-7-16(15(11-13)28-2)29(25,26)23-14-5-3-4-12(10-14)18(19,20)21/h3-7,10-11,23H,8-9H2,1-2H3,(H,22,24). The summed E-state index contributed by atoms with van der Waals surface area (Å²) in [5.41, 5.74) is -0.946. The number of carbonyl (C=O) groups is 1. The van der Waals surface area contributed by atoms with Gasteiger partial charge in [-0.15, -0.1) is 0 Å². The molecule has 1 amide bonds. The van der Waals surface area contributed by atoms with Crippen LogP contribution >= 0.6 is 0 Å². The smallest absolute Gasteiger partial charge is 0.416 e. The minimum Gasteiger partial charge on any atom is -0.495 e. The molecule has 0 aliphatic heterocycles. The zero-order valence-electron chi connectivity index (χ0n) is 15.5. The summed E-state index contributed by atoms with van der Waals surface area (Å²) in [5.74, 6) is -0.430.